The monoisotopic (exact) mass is 668 g/mol. The second kappa shape index (κ2) is 12.9. The normalized spacial score (nSPS) is 21.2. The van der Waals surface area contributed by atoms with Gasteiger partial charge in [0.15, 0.2) is 9.84 Å². The van der Waals surface area contributed by atoms with Crippen molar-refractivity contribution in [2.45, 2.75) is 63.2 Å². The third-order valence-electron chi connectivity index (χ3n) is 9.00. The number of aromatic nitrogens is 3. The molecule has 6 heterocycles. The zero-order valence-electron chi connectivity index (χ0n) is 25.8. The highest BCUT2D eigenvalue weighted by molar-refractivity contribution is 7.89. The summed E-state index contributed by atoms with van der Waals surface area (Å²) >= 11 is 1.59. The summed E-state index contributed by atoms with van der Waals surface area (Å²) in [6.07, 6.45) is 0.841. The van der Waals surface area contributed by atoms with E-state index in [0.29, 0.717) is 94.5 Å². The van der Waals surface area contributed by atoms with Gasteiger partial charge in [-0.1, -0.05) is 0 Å². The van der Waals surface area contributed by atoms with Gasteiger partial charge in [0.05, 0.1) is 42.0 Å². The van der Waals surface area contributed by atoms with Gasteiger partial charge in [-0.3, -0.25) is 9.80 Å². The number of fused-ring (bicyclic) bond motifs is 1. The van der Waals surface area contributed by atoms with Crippen LogP contribution in [0.2, 0.25) is 0 Å². The van der Waals surface area contributed by atoms with Crippen LogP contribution in [0, 0.1) is 6.92 Å². The fourth-order valence-electron chi connectivity index (χ4n) is 6.82. The molecule has 0 amide bonds. The number of anilines is 1. The van der Waals surface area contributed by atoms with E-state index in [4.69, 9.17) is 19.4 Å². The molecule has 3 saturated heterocycles. The summed E-state index contributed by atoms with van der Waals surface area (Å²) in [7, 11) is -1.89. The van der Waals surface area contributed by atoms with Crippen LogP contribution in [-0.2, 0) is 26.9 Å². The van der Waals surface area contributed by atoms with Crippen molar-refractivity contribution in [3.05, 3.63) is 28.3 Å². The first-order valence-corrected chi connectivity index (χ1v) is 18.2. The first-order valence-electron chi connectivity index (χ1n) is 15.3. The number of pyridine rings is 1. The number of morpholine rings is 1. The molecule has 0 aliphatic carbocycles. The molecule has 0 N–H and O–H groups in total. The number of hydrogen-bond acceptors (Lipinski definition) is 11. The van der Waals surface area contributed by atoms with Crippen molar-refractivity contribution >= 4 is 37.3 Å². The molecular formula is C30H39F3N6O4S2. The molecule has 3 fully saturated rings. The summed E-state index contributed by atoms with van der Waals surface area (Å²) in [5.41, 5.74) is 3.73. The third kappa shape index (κ3) is 7.07. The molecule has 15 heteroatoms. The van der Waals surface area contributed by atoms with E-state index in [-0.39, 0.29) is 24.1 Å². The lowest BCUT2D eigenvalue weighted by Gasteiger charge is -2.39. The lowest BCUT2D eigenvalue weighted by Crippen LogP contribution is -2.50. The van der Waals surface area contributed by atoms with Crippen molar-refractivity contribution in [2.75, 3.05) is 64.2 Å². The number of piperidine rings is 1. The van der Waals surface area contributed by atoms with Gasteiger partial charge in [-0.2, -0.15) is 13.2 Å². The molecule has 0 unspecified atom stereocenters. The summed E-state index contributed by atoms with van der Waals surface area (Å²) in [6.45, 7) is 7.07. The van der Waals surface area contributed by atoms with Crippen molar-refractivity contribution < 1.29 is 31.1 Å². The van der Waals surface area contributed by atoms with Gasteiger partial charge >= 0.3 is 6.18 Å². The van der Waals surface area contributed by atoms with Crippen LogP contribution >= 0.6 is 11.3 Å². The highest BCUT2D eigenvalue weighted by Gasteiger charge is 2.48. The standard InChI is InChI=1S/C30H39F3N6O4S2/c1-19-23(17-37-9-6-22(7-10-37)39-8-4-5-24(39)30(31,32)33)26-27(44-19)25(35-29(36-26)38-11-13-43-14-12-38)20-15-21(18-45(3,40)41)28(42-2)34-16-20/h15-16,22,24H,4-14,17-18H2,1-3H3/t24-/m0/s1. The van der Waals surface area contributed by atoms with Crippen LogP contribution in [0.3, 0.4) is 0 Å². The van der Waals surface area contributed by atoms with E-state index in [0.717, 1.165) is 20.7 Å². The van der Waals surface area contributed by atoms with Crippen molar-refractivity contribution in [1.82, 2.24) is 24.8 Å². The largest absolute Gasteiger partial charge is 0.481 e. The maximum Gasteiger partial charge on any atom is 0.404 e. The van der Waals surface area contributed by atoms with E-state index >= 15 is 0 Å². The average molecular weight is 669 g/mol. The predicted molar refractivity (Wildman–Crippen MR) is 168 cm³/mol. The number of ether oxygens (including phenoxy) is 2. The molecule has 1 atom stereocenters. The fourth-order valence-corrected chi connectivity index (χ4v) is 8.70. The van der Waals surface area contributed by atoms with Crippen LogP contribution in [0.25, 0.3) is 21.5 Å². The van der Waals surface area contributed by atoms with Crippen molar-refractivity contribution in [2.24, 2.45) is 0 Å². The number of alkyl halides is 3. The predicted octanol–water partition coefficient (Wildman–Crippen LogP) is 4.44. The Morgan fingerprint density at radius 1 is 1.09 bits per heavy atom. The summed E-state index contributed by atoms with van der Waals surface area (Å²) in [5, 5.41) is 0. The zero-order valence-corrected chi connectivity index (χ0v) is 27.4. The van der Waals surface area contributed by atoms with Crippen molar-refractivity contribution in [3.8, 4) is 17.1 Å². The maximum atomic E-state index is 13.6. The van der Waals surface area contributed by atoms with Crippen LogP contribution in [-0.4, -0.2) is 111 Å². The third-order valence-corrected chi connectivity index (χ3v) is 11.0. The molecule has 10 nitrogen and oxygen atoms in total. The van der Waals surface area contributed by atoms with Gasteiger partial charge in [0.2, 0.25) is 11.8 Å². The molecule has 45 heavy (non-hydrogen) atoms. The van der Waals surface area contributed by atoms with Crippen LogP contribution in [0.4, 0.5) is 19.1 Å². The Labute approximate surface area is 265 Å². The maximum absolute atomic E-state index is 13.6. The molecule has 0 saturated carbocycles. The van der Waals surface area contributed by atoms with Crippen LogP contribution in [0.5, 0.6) is 5.88 Å². The van der Waals surface area contributed by atoms with Gasteiger partial charge in [-0.15, -0.1) is 11.3 Å². The van der Waals surface area contributed by atoms with Crippen LogP contribution in [0.1, 0.15) is 41.7 Å². The number of aryl methyl sites for hydroxylation is 1. The summed E-state index contributed by atoms with van der Waals surface area (Å²) in [4.78, 5) is 21.7. The molecule has 246 valence electrons. The Hall–Kier alpha value is -2.59. The number of hydrogen-bond donors (Lipinski definition) is 0. The first kappa shape index (κ1) is 32.4. The smallest absolute Gasteiger partial charge is 0.404 e. The average Bonchev–Trinajstić information content (AvgIpc) is 3.62. The second-order valence-corrected chi connectivity index (χ2v) is 15.6. The van der Waals surface area contributed by atoms with E-state index in [1.165, 1.54) is 13.4 Å². The van der Waals surface area contributed by atoms with E-state index < -0.39 is 22.1 Å². The fraction of sp³-hybridized carbons (Fsp3) is 0.633. The number of sulfone groups is 1. The molecule has 0 aromatic carbocycles. The highest BCUT2D eigenvalue weighted by atomic mass is 32.2. The first-order chi connectivity index (χ1) is 21.4. The van der Waals surface area contributed by atoms with E-state index in [9.17, 15) is 21.6 Å². The number of halogens is 3. The van der Waals surface area contributed by atoms with Gasteiger partial charge in [-0.25, -0.2) is 23.4 Å². The minimum Gasteiger partial charge on any atom is -0.481 e. The number of nitrogens with zero attached hydrogens (tertiary/aromatic N) is 6. The summed E-state index contributed by atoms with van der Waals surface area (Å²) in [6, 6.07) is 0.404. The van der Waals surface area contributed by atoms with E-state index in [1.54, 1.807) is 28.5 Å². The van der Waals surface area contributed by atoms with E-state index in [2.05, 4.69) is 21.7 Å². The van der Waals surface area contributed by atoms with Crippen LogP contribution < -0.4 is 9.64 Å². The molecule has 3 aliphatic heterocycles. The Morgan fingerprint density at radius 3 is 2.49 bits per heavy atom. The molecule has 3 aromatic rings. The Bertz CT molecular complexity index is 1640. The van der Waals surface area contributed by atoms with Gasteiger partial charge in [0.1, 0.15) is 6.04 Å². The quantitative estimate of drug-likeness (QED) is 0.343. The van der Waals surface area contributed by atoms with Gasteiger partial charge in [0, 0.05) is 59.7 Å². The topological polar surface area (TPSA) is 101 Å². The Kier molecular flexibility index (Phi) is 9.27. The minimum absolute atomic E-state index is 0.0544. The SMILES string of the molecule is COc1ncc(-c2nc(N3CCOCC3)nc3c(CN4CCC(N5CCC[C@H]5C(F)(F)F)CC4)c(C)sc23)cc1CS(C)(=O)=O. The summed E-state index contributed by atoms with van der Waals surface area (Å²) in [5.74, 6) is 0.615. The Balaban J connectivity index is 1.32. The minimum atomic E-state index is -4.18. The zero-order chi connectivity index (χ0) is 31.9. The molecule has 0 bridgehead atoms. The van der Waals surface area contributed by atoms with Crippen molar-refractivity contribution in [3.63, 3.8) is 0 Å². The summed E-state index contributed by atoms with van der Waals surface area (Å²) < 4.78 is 77.1. The lowest BCUT2D eigenvalue weighted by molar-refractivity contribution is -0.182. The molecule has 0 radical (unpaired) electrons. The highest BCUT2D eigenvalue weighted by Crippen LogP contribution is 2.40. The van der Waals surface area contributed by atoms with E-state index in [1.807, 2.05) is 0 Å². The number of methoxy groups -OCH3 is 1. The Morgan fingerprint density at radius 2 is 1.82 bits per heavy atom. The van der Waals surface area contributed by atoms with Gasteiger partial charge in [0.25, 0.3) is 0 Å². The molecule has 0 spiro atoms. The molecule has 3 aliphatic rings. The van der Waals surface area contributed by atoms with Crippen molar-refractivity contribution in [1.29, 1.82) is 0 Å². The molecule has 3 aromatic heterocycles. The molecule has 6 rings (SSSR count). The number of rotatable bonds is 8. The molecular weight excluding hydrogens is 629 g/mol. The van der Waals surface area contributed by atoms with Gasteiger partial charge in [-0.05, 0) is 58.3 Å². The number of likely N-dealkylation sites (tertiary alicyclic amines) is 2. The second-order valence-electron chi connectivity index (χ2n) is 12.2. The van der Waals surface area contributed by atoms with Gasteiger partial charge < -0.3 is 14.4 Å². The van der Waals surface area contributed by atoms with Crippen LogP contribution in [0.15, 0.2) is 12.3 Å². The number of thiophene rings is 1. The lowest BCUT2D eigenvalue weighted by atomic mass is 10.0.